The third kappa shape index (κ3) is 7.23. The molecule has 37 heavy (non-hydrogen) atoms. The van der Waals surface area contributed by atoms with Crippen LogP contribution >= 0.6 is 0 Å². The van der Waals surface area contributed by atoms with Crippen molar-refractivity contribution in [2.75, 3.05) is 0 Å². The maximum atomic E-state index is 12.6. The number of hydrogen-bond acceptors (Lipinski definition) is 4. The van der Waals surface area contributed by atoms with E-state index in [1.165, 1.54) is 5.57 Å². The van der Waals surface area contributed by atoms with Crippen molar-refractivity contribution in [1.82, 2.24) is 10.6 Å². The molecule has 2 saturated heterocycles. The van der Waals surface area contributed by atoms with Gasteiger partial charge in [0.15, 0.2) is 5.41 Å². The van der Waals surface area contributed by atoms with Gasteiger partial charge in [0.2, 0.25) is 0 Å². The van der Waals surface area contributed by atoms with E-state index in [-0.39, 0.29) is 46.8 Å². The molecule has 206 valence electrons. The Kier molecular flexibility index (Phi) is 8.08. The highest BCUT2D eigenvalue weighted by atomic mass is 16.4. The molecule has 2 aliphatic heterocycles. The van der Waals surface area contributed by atoms with Gasteiger partial charge in [-0.15, -0.1) is 0 Å². The van der Waals surface area contributed by atoms with Gasteiger partial charge in [-0.05, 0) is 111 Å². The van der Waals surface area contributed by atoms with E-state index in [0.29, 0.717) is 0 Å². The number of benzene rings is 1. The standard InChI is InChI=1S/C31H48N2O4/c1-27(2)17-22(18-28(3,4)32-27)24(23-19-29(5,6)33-30(7,8)20-23)14-15-31(25(34)35,26(36)37)16-21-12-10-9-11-13-21/h9-14,22-23,32-33H,15-20H2,1-8H3,(H,34,35)(H,36,37). The van der Waals surface area contributed by atoms with Crippen LogP contribution in [-0.4, -0.2) is 44.3 Å². The summed E-state index contributed by atoms with van der Waals surface area (Å²) in [7, 11) is 0. The van der Waals surface area contributed by atoms with Gasteiger partial charge >= 0.3 is 11.9 Å². The third-order valence-corrected chi connectivity index (χ3v) is 8.18. The van der Waals surface area contributed by atoms with Crippen molar-refractivity contribution >= 4 is 11.9 Å². The molecule has 0 aliphatic carbocycles. The molecule has 6 nitrogen and oxygen atoms in total. The SMILES string of the molecule is CC1(C)CC(C(=CCC(Cc2ccccc2)(C(=O)O)C(=O)O)C2CC(C)(C)NC(C)(C)C2)CC(C)(C)N1. The van der Waals surface area contributed by atoms with Crippen molar-refractivity contribution < 1.29 is 19.8 Å². The summed E-state index contributed by atoms with van der Waals surface area (Å²) in [4.78, 5) is 25.2. The second-order valence-electron chi connectivity index (χ2n) is 14.3. The zero-order valence-electron chi connectivity index (χ0n) is 24.1. The number of aliphatic carboxylic acids is 2. The number of carboxylic acids is 2. The van der Waals surface area contributed by atoms with Crippen LogP contribution in [0.15, 0.2) is 42.0 Å². The highest BCUT2D eigenvalue weighted by molar-refractivity contribution is 5.98. The van der Waals surface area contributed by atoms with Crippen LogP contribution in [0.3, 0.4) is 0 Å². The number of carboxylic acid groups (broad SMARTS) is 2. The lowest BCUT2D eigenvalue weighted by atomic mass is 9.64. The Hall–Kier alpha value is -2.18. The molecule has 0 amide bonds. The first kappa shape index (κ1) is 29.4. The van der Waals surface area contributed by atoms with Crippen molar-refractivity contribution in [3.63, 3.8) is 0 Å². The zero-order chi connectivity index (χ0) is 27.9. The Labute approximate surface area is 223 Å². The van der Waals surface area contributed by atoms with E-state index in [1.54, 1.807) is 12.1 Å². The number of allylic oxidation sites excluding steroid dienone is 2. The maximum absolute atomic E-state index is 12.6. The summed E-state index contributed by atoms with van der Waals surface area (Å²) in [5.74, 6) is -2.07. The van der Waals surface area contributed by atoms with Crippen LogP contribution in [0.25, 0.3) is 0 Å². The minimum absolute atomic E-state index is 0.0303. The number of rotatable bonds is 8. The van der Waals surface area contributed by atoms with E-state index in [4.69, 9.17) is 0 Å². The fourth-order valence-corrected chi connectivity index (χ4v) is 7.51. The lowest BCUT2D eigenvalue weighted by molar-refractivity contribution is -0.164. The fourth-order valence-electron chi connectivity index (χ4n) is 7.51. The summed E-state index contributed by atoms with van der Waals surface area (Å²) in [6.07, 6.45) is 5.66. The molecule has 0 saturated carbocycles. The van der Waals surface area contributed by atoms with Gasteiger partial charge in [0, 0.05) is 22.2 Å². The molecule has 0 radical (unpaired) electrons. The minimum Gasteiger partial charge on any atom is -0.480 e. The average Bonchev–Trinajstić information content (AvgIpc) is 2.68. The highest BCUT2D eigenvalue weighted by Crippen LogP contribution is 2.46. The number of nitrogens with one attached hydrogen (secondary N) is 2. The average molecular weight is 513 g/mol. The molecule has 2 fully saturated rings. The summed E-state index contributed by atoms with van der Waals surface area (Å²) < 4.78 is 0. The summed E-state index contributed by atoms with van der Waals surface area (Å²) in [5.41, 5.74) is -0.272. The van der Waals surface area contributed by atoms with Crippen LogP contribution in [0.1, 0.15) is 93.1 Å². The second kappa shape index (κ2) is 10.2. The van der Waals surface area contributed by atoms with Crippen LogP contribution < -0.4 is 10.6 Å². The lowest BCUT2D eigenvalue weighted by Crippen LogP contribution is -2.60. The third-order valence-electron chi connectivity index (χ3n) is 8.18. The first-order valence-corrected chi connectivity index (χ1v) is 13.6. The molecule has 4 N–H and O–H groups in total. The zero-order valence-corrected chi connectivity index (χ0v) is 24.1. The van der Waals surface area contributed by atoms with E-state index in [1.807, 2.05) is 24.3 Å². The molecule has 0 unspecified atom stereocenters. The van der Waals surface area contributed by atoms with Gasteiger partial charge in [0.25, 0.3) is 0 Å². The molecule has 3 rings (SSSR count). The lowest BCUT2D eigenvalue weighted by Gasteiger charge is -2.52. The van der Waals surface area contributed by atoms with Crippen LogP contribution in [0, 0.1) is 17.3 Å². The molecule has 1 aromatic carbocycles. The topological polar surface area (TPSA) is 98.7 Å². The number of carbonyl (C=O) groups is 2. The minimum atomic E-state index is -1.91. The van der Waals surface area contributed by atoms with Gasteiger partial charge in [-0.25, -0.2) is 0 Å². The predicted octanol–water partition coefficient (Wildman–Crippen LogP) is 5.81. The van der Waals surface area contributed by atoms with Gasteiger partial charge in [-0.2, -0.15) is 0 Å². The van der Waals surface area contributed by atoms with Crippen molar-refractivity contribution in [3.8, 4) is 0 Å². The Balaban J connectivity index is 2.09. The monoisotopic (exact) mass is 512 g/mol. The molecule has 0 aromatic heterocycles. The fraction of sp³-hybridized carbons (Fsp3) is 0.677. The van der Waals surface area contributed by atoms with E-state index in [2.05, 4.69) is 66.0 Å². The molecule has 0 atom stereocenters. The van der Waals surface area contributed by atoms with Crippen LogP contribution in [-0.2, 0) is 16.0 Å². The number of piperidine rings is 2. The molecule has 6 heteroatoms. The van der Waals surface area contributed by atoms with Crippen LogP contribution in [0.2, 0.25) is 0 Å². The molecule has 2 aliphatic rings. The normalized spacial score (nSPS) is 23.2. The second-order valence-corrected chi connectivity index (χ2v) is 14.3. The van der Waals surface area contributed by atoms with E-state index in [9.17, 15) is 19.8 Å². The van der Waals surface area contributed by atoms with Crippen molar-refractivity contribution in [2.24, 2.45) is 17.3 Å². The molecule has 0 bridgehead atoms. The molecular weight excluding hydrogens is 464 g/mol. The van der Waals surface area contributed by atoms with Gasteiger partial charge < -0.3 is 20.8 Å². The summed E-state index contributed by atoms with van der Waals surface area (Å²) in [6, 6.07) is 9.11. The maximum Gasteiger partial charge on any atom is 0.321 e. The van der Waals surface area contributed by atoms with E-state index < -0.39 is 17.4 Å². The largest absolute Gasteiger partial charge is 0.480 e. The van der Waals surface area contributed by atoms with Crippen LogP contribution in [0.5, 0.6) is 0 Å². The quantitative estimate of drug-likeness (QED) is 0.259. The Morgan fingerprint density at radius 3 is 1.51 bits per heavy atom. The Bertz CT molecular complexity index is 937. The van der Waals surface area contributed by atoms with Crippen molar-refractivity contribution in [1.29, 1.82) is 0 Å². The van der Waals surface area contributed by atoms with Gasteiger partial charge in [-0.1, -0.05) is 42.0 Å². The smallest absolute Gasteiger partial charge is 0.321 e. The van der Waals surface area contributed by atoms with Gasteiger partial charge in [0.1, 0.15) is 0 Å². The van der Waals surface area contributed by atoms with Gasteiger partial charge in [0.05, 0.1) is 0 Å². The predicted molar refractivity (Wildman–Crippen MR) is 149 cm³/mol. The molecule has 1 aromatic rings. The summed E-state index contributed by atoms with van der Waals surface area (Å²) in [5, 5.41) is 28.1. The Morgan fingerprint density at radius 2 is 1.16 bits per heavy atom. The van der Waals surface area contributed by atoms with E-state index in [0.717, 1.165) is 31.2 Å². The number of hydrogen-bond donors (Lipinski definition) is 4. The van der Waals surface area contributed by atoms with E-state index >= 15 is 0 Å². The summed E-state index contributed by atoms with van der Waals surface area (Å²) >= 11 is 0. The molecule has 0 spiro atoms. The first-order valence-electron chi connectivity index (χ1n) is 13.6. The molecule has 2 heterocycles. The van der Waals surface area contributed by atoms with Crippen LogP contribution in [0.4, 0.5) is 0 Å². The van der Waals surface area contributed by atoms with Gasteiger partial charge in [-0.3, -0.25) is 9.59 Å². The van der Waals surface area contributed by atoms with Crippen molar-refractivity contribution in [2.45, 2.75) is 116 Å². The highest BCUT2D eigenvalue weighted by Gasteiger charge is 2.48. The molecular formula is C31H48N2O4. The van der Waals surface area contributed by atoms with Crippen molar-refractivity contribution in [3.05, 3.63) is 47.5 Å². The Morgan fingerprint density at radius 1 is 0.784 bits per heavy atom. The summed E-state index contributed by atoms with van der Waals surface area (Å²) in [6.45, 7) is 17.8. The first-order chi connectivity index (χ1) is 16.9.